The van der Waals surface area contributed by atoms with Crippen molar-refractivity contribution in [1.82, 2.24) is 0 Å². The zero-order valence-corrected chi connectivity index (χ0v) is 8.93. The Bertz CT molecular complexity index is 162. The molecule has 0 saturated carbocycles. The number of ether oxygens (including phenoxy) is 2. The summed E-state index contributed by atoms with van der Waals surface area (Å²) in [5, 5.41) is 0. The molecule has 1 saturated heterocycles. The Balaban J connectivity index is 2.49. The first kappa shape index (κ1) is 11.0. The second kappa shape index (κ2) is 3.95. The maximum Gasteiger partial charge on any atom is 0.0640 e. The molecule has 13 heavy (non-hydrogen) atoms. The van der Waals surface area contributed by atoms with Crippen molar-refractivity contribution in [3.05, 3.63) is 0 Å². The van der Waals surface area contributed by atoms with Crippen molar-refractivity contribution in [2.45, 2.75) is 44.2 Å². The van der Waals surface area contributed by atoms with Gasteiger partial charge in [-0.1, -0.05) is 0 Å². The fourth-order valence-electron chi connectivity index (χ4n) is 1.87. The van der Waals surface area contributed by atoms with Gasteiger partial charge in [-0.2, -0.15) is 0 Å². The lowest BCUT2D eigenvalue weighted by atomic mass is 9.81. The van der Waals surface area contributed by atoms with Gasteiger partial charge < -0.3 is 15.2 Å². The summed E-state index contributed by atoms with van der Waals surface area (Å²) in [6.07, 6.45) is 2.79. The predicted octanol–water partition coefficient (Wildman–Crippen LogP) is 1.31. The van der Waals surface area contributed by atoms with E-state index >= 15 is 0 Å². The van der Waals surface area contributed by atoms with Gasteiger partial charge >= 0.3 is 0 Å². The highest BCUT2D eigenvalue weighted by atomic mass is 16.5. The average Bonchev–Trinajstić information content (AvgIpc) is 2.04. The molecule has 1 rings (SSSR count). The minimum atomic E-state index is -0.119. The van der Waals surface area contributed by atoms with Crippen LogP contribution in [0.3, 0.4) is 0 Å². The maximum atomic E-state index is 6.26. The first-order valence-electron chi connectivity index (χ1n) is 4.89. The van der Waals surface area contributed by atoms with Crippen molar-refractivity contribution in [2.75, 3.05) is 20.3 Å². The molecule has 0 aliphatic carbocycles. The van der Waals surface area contributed by atoms with E-state index in [0.29, 0.717) is 0 Å². The first-order valence-corrected chi connectivity index (χ1v) is 4.89. The van der Waals surface area contributed by atoms with Crippen molar-refractivity contribution >= 4 is 0 Å². The monoisotopic (exact) mass is 187 g/mol. The summed E-state index contributed by atoms with van der Waals surface area (Å²) in [4.78, 5) is 0. The maximum absolute atomic E-state index is 6.26. The van der Waals surface area contributed by atoms with Gasteiger partial charge in [0.15, 0.2) is 0 Å². The third-order valence-corrected chi connectivity index (χ3v) is 2.82. The molecule has 2 N–H and O–H groups in total. The van der Waals surface area contributed by atoms with E-state index in [0.717, 1.165) is 32.5 Å². The van der Waals surface area contributed by atoms with Gasteiger partial charge in [-0.3, -0.25) is 0 Å². The Morgan fingerprint density at radius 1 is 1.38 bits per heavy atom. The van der Waals surface area contributed by atoms with E-state index in [9.17, 15) is 0 Å². The molecule has 0 atom stereocenters. The van der Waals surface area contributed by atoms with E-state index in [1.807, 2.05) is 0 Å². The van der Waals surface area contributed by atoms with Crippen molar-refractivity contribution in [3.8, 4) is 0 Å². The summed E-state index contributed by atoms with van der Waals surface area (Å²) in [7, 11) is 1.74. The molecule has 0 amide bonds. The lowest BCUT2D eigenvalue weighted by Crippen LogP contribution is -2.50. The van der Waals surface area contributed by atoms with Crippen LogP contribution in [-0.2, 0) is 9.47 Å². The highest BCUT2D eigenvalue weighted by Crippen LogP contribution is 2.28. The lowest BCUT2D eigenvalue weighted by molar-refractivity contribution is -0.0284. The summed E-state index contributed by atoms with van der Waals surface area (Å²) < 4.78 is 10.7. The Morgan fingerprint density at radius 2 is 1.92 bits per heavy atom. The van der Waals surface area contributed by atoms with Gasteiger partial charge in [0.25, 0.3) is 0 Å². The Labute approximate surface area is 80.6 Å². The fraction of sp³-hybridized carbons (Fsp3) is 1.00. The minimum absolute atomic E-state index is 0.0856. The largest absolute Gasteiger partial charge is 0.381 e. The Hall–Kier alpha value is -0.120. The zero-order valence-electron chi connectivity index (χ0n) is 8.93. The Kier molecular flexibility index (Phi) is 3.33. The molecule has 3 nitrogen and oxygen atoms in total. The molecule has 1 fully saturated rings. The molecule has 0 bridgehead atoms. The fourth-order valence-corrected chi connectivity index (χ4v) is 1.87. The molecule has 0 aromatic carbocycles. The van der Waals surface area contributed by atoms with Crippen LogP contribution in [0.2, 0.25) is 0 Å². The minimum Gasteiger partial charge on any atom is -0.381 e. The summed E-state index contributed by atoms with van der Waals surface area (Å²) in [5.74, 6) is 0. The second-order valence-corrected chi connectivity index (χ2v) is 4.62. The standard InChI is InChI=1S/C10H21NO2/c1-9(2,12-3)8-10(11)4-6-13-7-5-10/h4-8,11H2,1-3H3. The summed E-state index contributed by atoms with van der Waals surface area (Å²) in [6, 6.07) is 0. The van der Waals surface area contributed by atoms with E-state index in [1.54, 1.807) is 7.11 Å². The van der Waals surface area contributed by atoms with E-state index in [-0.39, 0.29) is 11.1 Å². The van der Waals surface area contributed by atoms with Crippen LogP contribution in [-0.4, -0.2) is 31.5 Å². The van der Waals surface area contributed by atoms with Gasteiger partial charge in [0.2, 0.25) is 0 Å². The van der Waals surface area contributed by atoms with Crippen LogP contribution in [0.25, 0.3) is 0 Å². The molecular weight excluding hydrogens is 166 g/mol. The topological polar surface area (TPSA) is 44.5 Å². The van der Waals surface area contributed by atoms with Gasteiger partial charge in [0.1, 0.15) is 0 Å². The van der Waals surface area contributed by atoms with Crippen molar-refractivity contribution in [3.63, 3.8) is 0 Å². The number of nitrogens with two attached hydrogens (primary N) is 1. The third kappa shape index (κ3) is 3.25. The van der Waals surface area contributed by atoms with Gasteiger partial charge in [0, 0.05) is 25.9 Å². The van der Waals surface area contributed by atoms with E-state index < -0.39 is 0 Å². The van der Waals surface area contributed by atoms with Crippen LogP contribution in [0.15, 0.2) is 0 Å². The van der Waals surface area contributed by atoms with Crippen LogP contribution in [0.4, 0.5) is 0 Å². The van der Waals surface area contributed by atoms with Crippen molar-refractivity contribution < 1.29 is 9.47 Å². The van der Waals surface area contributed by atoms with E-state index in [4.69, 9.17) is 15.2 Å². The lowest BCUT2D eigenvalue weighted by Gasteiger charge is -2.39. The van der Waals surface area contributed by atoms with Crippen LogP contribution >= 0.6 is 0 Å². The molecule has 1 aliphatic rings. The third-order valence-electron chi connectivity index (χ3n) is 2.82. The predicted molar refractivity (Wildman–Crippen MR) is 52.7 cm³/mol. The van der Waals surface area contributed by atoms with Gasteiger partial charge in [-0.25, -0.2) is 0 Å². The number of hydrogen-bond donors (Lipinski definition) is 1. The van der Waals surface area contributed by atoms with Gasteiger partial charge in [0.05, 0.1) is 5.60 Å². The van der Waals surface area contributed by atoms with Gasteiger partial charge in [-0.05, 0) is 33.1 Å². The van der Waals surface area contributed by atoms with Crippen molar-refractivity contribution in [2.24, 2.45) is 5.73 Å². The SMILES string of the molecule is COC(C)(C)CC1(N)CCOCC1. The first-order chi connectivity index (χ1) is 5.97. The zero-order chi connectivity index (χ0) is 9.95. The molecular formula is C10H21NO2. The molecule has 0 spiro atoms. The molecule has 0 aromatic rings. The average molecular weight is 187 g/mol. The van der Waals surface area contributed by atoms with Gasteiger partial charge in [-0.15, -0.1) is 0 Å². The van der Waals surface area contributed by atoms with Crippen LogP contribution in [0.1, 0.15) is 33.1 Å². The normalized spacial score (nSPS) is 23.1. The highest BCUT2D eigenvalue weighted by Gasteiger charge is 2.34. The van der Waals surface area contributed by atoms with Crippen LogP contribution < -0.4 is 5.73 Å². The quantitative estimate of drug-likeness (QED) is 0.724. The smallest absolute Gasteiger partial charge is 0.0640 e. The number of methoxy groups -OCH3 is 1. The van der Waals surface area contributed by atoms with E-state index in [1.165, 1.54) is 0 Å². The molecule has 0 unspecified atom stereocenters. The summed E-state index contributed by atoms with van der Waals surface area (Å²) in [5.41, 5.74) is 6.06. The molecule has 1 heterocycles. The van der Waals surface area contributed by atoms with Crippen LogP contribution in [0.5, 0.6) is 0 Å². The number of rotatable bonds is 3. The molecule has 0 radical (unpaired) electrons. The summed E-state index contributed by atoms with van der Waals surface area (Å²) >= 11 is 0. The Morgan fingerprint density at radius 3 is 2.38 bits per heavy atom. The molecule has 78 valence electrons. The highest BCUT2D eigenvalue weighted by molar-refractivity contribution is 4.92. The molecule has 1 aliphatic heterocycles. The summed E-state index contributed by atoms with van der Waals surface area (Å²) in [6.45, 7) is 5.74. The van der Waals surface area contributed by atoms with Crippen LogP contribution in [0, 0.1) is 0 Å². The molecule has 3 heteroatoms. The van der Waals surface area contributed by atoms with Crippen molar-refractivity contribution in [1.29, 1.82) is 0 Å². The second-order valence-electron chi connectivity index (χ2n) is 4.62. The van der Waals surface area contributed by atoms with E-state index in [2.05, 4.69) is 13.8 Å². The molecule has 0 aromatic heterocycles. The number of hydrogen-bond acceptors (Lipinski definition) is 3.